The minimum Gasteiger partial charge on any atom is -0.366 e. The number of Topliss-reactive ketones (excluding diaryl/α,β-unsaturated/α-hetero) is 1. The van der Waals surface area contributed by atoms with Gasteiger partial charge in [-0.05, 0) is 31.5 Å². The van der Waals surface area contributed by atoms with Gasteiger partial charge in [-0.25, -0.2) is 0 Å². The molecule has 0 N–H and O–H groups in total. The number of hydrogen-bond acceptors (Lipinski definition) is 2. The molecule has 1 aliphatic rings. The van der Waals surface area contributed by atoms with Gasteiger partial charge in [-0.15, -0.1) is 0 Å². The lowest BCUT2D eigenvalue weighted by atomic mass is 10.1. The Morgan fingerprint density at radius 2 is 2.19 bits per heavy atom. The van der Waals surface area contributed by atoms with Crippen molar-refractivity contribution in [1.29, 1.82) is 0 Å². The summed E-state index contributed by atoms with van der Waals surface area (Å²) in [7, 11) is 0. The molecule has 2 rings (SSSR count). The van der Waals surface area contributed by atoms with Gasteiger partial charge in [0.25, 0.3) is 0 Å². The van der Waals surface area contributed by atoms with E-state index >= 15 is 0 Å². The summed E-state index contributed by atoms with van der Waals surface area (Å²) >= 11 is 6.19. The standard InChI is InChI=1S/C13H14ClNO/c1-10(16)11-5-6-13(12(14)9-11)15-7-3-2-4-8-15/h2-3,5-6,9H,4,7-8H2,1H3. The average Bonchev–Trinajstić information content (AvgIpc) is 2.30. The summed E-state index contributed by atoms with van der Waals surface area (Å²) in [5.74, 6) is 0.0481. The van der Waals surface area contributed by atoms with Crippen LogP contribution in [0.4, 0.5) is 5.69 Å². The fourth-order valence-electron chi connectivity index (χ4n) is 1.84. The van der Waals surface area contributed by atoms with Gasteiger partial charge >= 0.3 is 0 Å². The van der Waals surface area contributed by atoms with Crippen molar-refractivity contribution < 1.29 is 4.79 Å². The number of halogens is 1. The Bertz CT molecular complexity index is 440. The fourth-order valence-corrected chi connectivity index (χ4v) is 2.14. The molecule has 0 bridgehead atoms. The van der Waals surface area contributed by atoms with E-state index in [0.717, 1.165) is 25.2 Å². The molecule has 16 heavy (non-hydrogen) atoms. The Hall–Kier alpha value is -1.28. The maximum atomic E-state index is 11.2. The third-order valence-corrected chi connectivity index (χ3v) is 3.06. The molecule has 0 amide bonds. The van der Waals surface area contributed by atoms with Gasteiger partial charge < -0.3 is 4.90 Å². The summed E-state index contributed by atoms with van der Waals surface area (Å²) in [6.07, 6.45) is 5.36. The minimum atomic E-state index is 0.0481. The average molecular weight is 236 g/mol. The summed E-state index contributed by atoms with van der Waals surface area (Å²) in [6, 6.07) is 5.51. The van der Waals surface area contributed by atoms with E-state index in [-0.39, 0.29) is 5.78 Å². The first-order chi connectivity index (χ1) is 7.68. The molecule has 1 heterocycles. The molecule has 0 atom stereocenters. The Morgan fingerprint density at radius 3 is 2.75 bits per heavy atom. The van der Waals surface area contributed by atoms with Crippen LogP contribution in [0.25, 0.3) is 0 Å². The van der Waals surface area contributed by atoms with Crippen molar-refractivity contribution in [3.8, 4) is 0 Å². The van der Waals surface area contributed by atoms with E-state index in [1.807, 2.05) is 12.1 Å². The van der Waals surface area contributed by atoms with Crippen molar-refractivity contribution in [2.75, 3.05) is 18.0 Å². The molecule has 0 fully saturated rings. The summed E-state index contributed by atoms with van der Waals surface area (Å²) in [4.78, 5) is 13.4. The molecule has 0 aliphatic carbocycles. The Labute approximate surface area is 101 Å². The van der Waals surface area contributed by atoms with E-state index in [1.54, 1.807) is 13.0 Å². The van der Waals surface area contributed by atoms with Crippen molar-refractivity contribution in [3.05, 3.63) is 40.9 Å². The fraction of sp³-hybridized carbons (Fsp3) is 0.308. The lowest BCUT2D eigenvalue weighted by Crippen LogP contribution is -2.26. The van der Waals surface area contributed by atoms with Gasteiger partial charge in [0, 0.05) is 18.7 Å². The molecule has 1 aromatic carbocycles. The first kappa shape index (κ1) is 11.2. The summed E-state index contributed by atoms with van der Waals surface area (Å²) < 4.78 is 0. The first-order valence-corrected chi connectivity index (χ1v) is 5.76. The van der Waals surface area contributed by atoms with Crippen molar-refractivity contribution >= 4 is 23.1 Å². The zero-order valence-corrected chi connectivity index (χ0v) is 10.00. The quantitative estimate of drug-likeness (QED) is 0.579. The normalized spacial score (nSPS) is 15.2. The maximum absolute atomic E-state index is 11.2. The van der Waals surface area contributed by atoms with Gasteiger partial charge in [-0.3, -0.25) is 4.79 Å². The second-order valence-electron chi connectivity index (χ2n) is 3.93. The SMILES string of the molecule is CC(=O)c1ccc(N2CC=CCC2)c(Cl)c1. The van der Waals surface area contributed by atoms with Crippen LogP contribution in [0.2, 0.25) is 5.02 Å². The summed E-state index contributed by atoms with van der Waals surface area (Å²) in [5, 5.41) is 0.656. The van der Waals surface area contributed by atoms with E-state index in [9.17, 15) is 4.79 Å². The number of rotatable bonds is 2. The van der Waals surface area contributed by atoms with Crippen LogP contribution in [-0.2, 0) is 0 Å². The van der Waals surface area contributed by atoms with E-state index in [0.29, 0.717) is 10.6 Å². The highest BCUT2D eigenvalue weighted by Gasteiger charge is 2.12. The highest BCUT2D eigenvalue weighted by atomic mass is 35.5. The maximum Gasteiger partial charge on any atom is 0.159 e. The Balaban J connectivity index is 2.28. The van der Waals surface area contributed by atoms with Crippen molar-refractivity contribution in [2.24, 2.45) is 0 Å². The number of nitrogens with zero attached hydrogens (tertiary/aromatic N) is 1. The van der Waals surface area contributed by atoms with Gasteiger partial charge in [0.1, 0.15) is 0 Å². The molecule has 0 saturated carbocycles. The predicted octanol–water partition coefficient (Wildman–Crippen LogP) is 3.31. The number of anilines is 1. The molecule has 0 saturated heterocycles. The van der Waals surface area contributed by atoms with E-state index < -0.39 is 0 Å². The van der Waals surface area contributed by atoms with Crippen LogP contribution in [0.5, 0.6) is 0 Å². The number of carbonyl (C=O) groups is 1. The number of ketones is 1. The van der Waals surface area contributed by atoms with Crippen molar-refractivity contribution in [3.63, 3.8) is 0 Å². The number of hydrogen-bond donors (Lipinski definition) is 0. The molecule has 1 aliphatic heterocycles. The summed E-state index contributed by atoms with van der Waals surface area (Å²) in [5.41, 5.74) is 1.68. The molecular formula is C13H14ClNO. The first-order valence-electron chi connectivity index (χ1n) is 5.39. The molecule has 84 valence electrons. The molecule has 2 nitrogen and oxygen atoms in total. The molecule has 0 spiro atoms. The molecule has 0 aromatic heterocycles. The lowest BCUT2D eigenvalue weighted by molar-refractivity contribution is 0.101. The van der Waals surface area contributed by atoms with Crippen molar-refractivity contribution in [2.45, 2.75) is 13.3 Å². The van der Waals surface area contributed by atoms with E-state index in [2.05, 4.69) is 17.1 Å². The number of carbonyl (C=O) groups excluding carboxylic acids is 1. The van der Waals surface area contributed by atoms with E-state index in [1.165, 1.54) is 0 Å². The predicted molar refractivity (Wildman–Crippen MR) is 67.4 cm³/mol. The molecule has 0 radical (unpaired) electrons. The second kappa shape index (κ2) is 4.71. The van der Waals surface area contributed by atoms with Crippen LogP contribution in [0.15, 0.2) is 30.4 Å². The van der Waals surface area contributed by atoms with Crippen LogP contribution in [0.3, 0.4) is 0 Å². The zero-order valence-electron chi connectivity index (χ0n) is 9.24. The third-order valence-electron chi connectivity index (χ3n) is 2.75. The van der Waals surface area contributed by atoms with Gasteiger partial charge in [0.15, 0.2) is 5.78 Å². The van der Waals surface area contributed by atoms with E-state index in [4.69, 9.17) is 11.6 Å². The zero-order chi connectivity index (χ0) is 11.5. The third kappa shape index (κ3) is 2.27. The molecule has 0 unspecified atom stereocenters. The highest BCUT2D eigenvalue weighted by Crippen LogP contribution is 2.28. The van der Waals surface area contributed by atoms with Gasteiger partial charge in [0.2, 0.25) is 0 Å². The minimum absolute atomic E-state index is 0.0481. The largest absolute Gasteiger partial charge is 0.366 e. The monoisotopic (exact) mass is 235 g/mol. The lowest BCUT2D eigenvalue weighted by Gasteiger charge is -2.26. The topological polar surface area (TPSA) is 20.3 Å². The van der Waals surface area contributed by atoms with Gasteiger partial charge in [-0.1, -0.05) is 23.8 Å². The van der Waals surface area contributed by atoms with Crippen LogP contribution in [0.1, 0.15) is 23.7 Å². The van der Waals surface area contributed by atoms with Gasteiger partial charge in [0.05, 0.1) is 10.7 Å². The smallest absolute Gasteiger partial charge is 0.159 e. The van der Waals surface area contributed by atoms with Crippen LogP contribution >= 0.6 is 11.6 Å². The Morgan fingerprint density at radius 1 is 1.38 bits per heavy atom. The van der Waals surface area contributed by atoms with Crippen LogP contribution < -0.4 is 4.90 Å². The van der Waals surface area contributed by atoms with Crippen molar-refractivity contribution in [1.82, 2.24) is 0 Å². The highest BCUT2D eigenvalue weighted by molar-refractivity contribution is 6.33. The second-order valence-corrected chi connectivity index (χ2v) is 4.34. The molecule has 3 heteroatoms. The Kier molecular flexibility index (Phi) is 3.30. The number of benzene rings is 1. The molecule has 1 aromatic rings. The van der Waals surface area contributed by atoms with Crippen LogP contribution in [-0.4, -0.2) is 18.9 Å². The van der Waals surface area contributed by atoms with Gasteiger partial charge in [-0.2, -0.15) is 0 Å². The van der Waals surface area contributed by atoms with Crippen LogP contribution in [0, 0.1) is 0 Å². The summed E-state index contributed by atoms with van der Waals surface area (Å²) in [6.45, 7) is 3.42. The molecular weight excluding hydrogens is 222 g/mol.